The number of carbonyl (C=O) groups excluding carboxylic acids is 1. The second-order valence-corrected chi connectivity index (χ2v) is 8.00. The van der Waals surface area contributed by atoms with Crippen LogP contribution in [0.15, 0.2) is 46.9 Å². The van der Waals surface area contributed by atoms with Crippen LogP contribution in [-0.4, -0.2) is 23.9 Å². The Morgan fingerprint density at radius 2 is 2.16 bits per heavy atom. The van der Waals surface area contributed by atoms with Gasteiger partial charge in [0.05, 0.1) is 5.92 Å². The number of piperidine rings is 1. The molecule has 5 heteroatoms. The number of rotatable bonds is 4. The number of carbonyl (C=O) groups is 1. The molecule has 1 heterocycles. The number of amides is 1. The van der Waals surface area contributed by atoms with Crippen molar-refractivity contribution in [1.29, 1.82) is 0 Å². The van der Waals surface area contributed by atoms with E-state index >= 15 is 0 Å². The van der Waals surface area contributed by atoms with E-state index < -0.39 is 0 Å². The van der Waals surface area contributed by atoms with Crippen molar-refractivity contribution in [3.8, 4) is 0 Å². The van der Waals surface area contributed by atoms with Gasteiger partial charge in [0.1, 0.15) is 0 Å². The Kier molecular flexibility index (Phi) is 6.15. The van der Waals surface area contributed by atoms with Crippen molar-refractivity contribution in [2.75, 3.05) is 18.4 Å². The normalized spacial score (nSPS) is 18.1. The van der Waals surface area contributed by atoms with Crippen molar-refractivity contribution < 1.29 is 4.79 Å². The molecule has 0 aliphatic carbocycles. The van der Waals surface area contributed by atoms with Crippen molar-refractivity contribution in [1.82, 2.24) is 4.90 Å². The summed E-state index contributed by atoms with van der Waals surface area (Å²) in [5, 5.41) is 3.70. The van der Waals surface area contributed by atoms with Crippen LogP contribution in [0.4, 0.5) is 5.69 Å². The third-order valence-electron chi connectivity index (χ3n) is 4.63. The first kappa shape index (κ1) is 18.4. The fraction of sp³-hybridized carbons (Fsp3) is 0.350. The van der Waals surface area contributed by atoms with Crippen molar-refractivity contribution in [2.24, 2.45) is 5.92 Å². The van der Waals surface area contributed by atoms with Crippen molar-refractivity contribution >= 4 is 39.1 Å². The van der Waals surface area contributed by atoms with E-state index in [-0.39, 0.29) is 11.8 Å². The highest BCUT2D eigenvalue weighted by molar-refractivity contribution is 9.10. The van der Waals surface area contributed by atoms with E-state index in [1.165, 1.54) is 5.56 Å². The quantitative estimate of drug-likeness (QED) is 0.730. The van der Waals surface area contributed by atoms with Crippen LogP contribution in [0.1, 0.15) is 24.0 Å². The Labute approximate surface area is 162 Å². The van der Waals surface area contributed by atoms with Gasteiger partial charge in [0, 0.05) is 28.3 Å². The van der Waals surface area contributed by atoms with Crippen LogP contribution in [-0.2, 0) is 11.3 Å². The van der Waals surface area contributed by atoms with Crippen molar-refractivity contribution in [2.45, 2.75) is 26.3 Å². The first-order valence-electron chi connectivity index (χ1n) is 8.55. The minimum absolute atomic E-state index is 0.0132. The van der Waals surface area contributed by atoms with Gasteiger partial charge in [0.15, 0.2) is 0 Å². The monoisotopic (exact) mass is 420 g/mol. The molecule has 1 N–H and O–H groups in total. The van der Waals surface area contributed by atoms with Crippen LogP contribution < -0.4 is 5.32 Å². The Balaban J connectivity index is 1.62. The summed E-state index contributed by atoms with van der Waals surface area (Å²) in [6, 6.07) is 13.9. The molecule has 1 unspecified atom stereocenters. The zero-order valence-electron chi connectivity index (χ0n) is 14.3. The highest BCUT2D eigenvalue weighted by Crippen LogP contribution is 2.24. The molecule has 1 saturated heterocycles. The van der Waals surface area contributed by atoms with Crippen LogP contribution in [0.3, 0.4) is 0 Å². The molecular weight excluding hydrogens is 400 g/mol. The summed E-state index contributed by atoms with van der Waals surface area (Å²) in [4.78, 5) is 15.1. The number of likely N-dealkylation sites (tertiary alicyclic amines) is 1. The molecule has 1 atom stereocenters. The summed E-state index contributed by atoms with van der Waals surface area (Å²) in [6.45, 7) is 4.68. The van der Waals surface area contributed by atoms with Crippen LogP contribution in [0.25, 0.3) is 0 Å². The maximum atomic E-state index is 12.7. The molecule has 3 rings (SSSR count). The summed E-state index contributed by atoms with van der Waals surface area (Å²) in [5.41, 5.74) is 3.10. The van der Waals surface area contributed by atoms with E-state index in [0.717, 1.165) is 48.2 Å². The van der Waals surface area contributed by atoms with Gasteiger partial charge in [0.2, 0.25) is 5.91 Å². The Morgan fingerprint density at radius 3 is 2.96 bits per heavy atom. The van der Waals surface area contributed by atoms with Gasteiger partial charge in [-0.2, -0.15) is 0 Å². The lowest BCUT2D eigenvalue weighted by molar-refractivity contribution is -0.121. The first-order chi connectivity index (χ1) is 12.0. The average molecular weight is 422 g/mol. The van der Waals surface area contributed by atoms with Gasteiger partial charge in [-0.1, -0.05) is 45.7 Å². The molecule has 1 fully saturated rings. The summed E-state index contributed by atoms with van der Waals surface area (Å²) in [5.74, 6) is 0.101. The van der Waals surface area contributed by atoms with Gasteiger partial charge in [-0.25, -0.2) is 0 Å². The topological polar surface area (TPSA) is 32.3 Å². The molecular formula is C20H22BrClN2O. The highest BCUT2D eigenvalue weighted by Gasteiger charge is 2.26. The van der Waals surface area contributed by atoms with Crippen LogP contribution in [0, 0.1) is 12.8 Å². The van der Waals surface area contributed by atoms with E-state index in [1.54, 1.807) is 0 Å². The van der Waals surface area contributed by atoms with E-state index in [9.17, 15) is 4.79 Å². The zero-order valence-corrected chi connectivity index (χ0v) is 16.6. The number of benzene rings is 2. The van der Waals surface area contributed by atoms with E-state index in [0.29, 0.717) is 5.02 Å². The average Bonchev–Trinajstić information content (AvgIpc) is 2.58. The molecule has 0 aromatic heterocycles. The molecule has 0 bridgehead atoms. The fourth-order valence-corrected chi connectivity index (χ4v) is 3.89. The SMILES string of the molecule is Cc1ccc(Cl)cc1NC(=O)C1CCCN(Cc2cccc(Br)c2)C1. The molecule has 1 aliphatic heterocycles. The maximum Gasteiger partial charge on any atom is 0.228 e. The predicted octanol–water partition coefficient (Wildman–Crippen LogP) is 5.26. The minimum Gasteiger partial charge on any atom is -0.326 e. The number of hydrogen-bond donors (Lipinski definition) is 1. The third-order valence-corrected chi connectivity index (χ3v) is 5.36. The smallest absolute Gasteiger partial charge is 0.228 e. The van der Waals surface area contributed by atoms with Crippen LogP contribution in [0.5, 0.6) is 0 Å². The zero-order chi connectivity index (χ0) is 17.8. The lowest BCUT2D eigenvalue weighted by Gasteiger charge is -2.32. The van der Waals surface area contributed by atoms with Crippen LogP contribution >= 0.6 is 27.5 Å². The van der Waals surface area contributed by atoms with E-state index in [4.69, 9.17) is 11.6 Å². The molecule has 0 saturated carbocycles. The van der Waals surface area contributed by atoms with E-state index in [2.05, 4.69) is 44.3 Å². The maximum absolute atomic E-state index is 12.7. The summed E-state index contributed by atoms with van der Waals surface area (Å²) in [7, 11) is 0. The van der Waals surface area contributed by atoms with Crippen molar-refractivity contribution in [3.05, 3.63) is 63.1 Å². The number of aryl methyl sites for hydroxylation is 1. The number of nitrogens with one attached hydrogen (secondary N) is 1. The van der Waals surface area contributed by atoms with Crippen LogP contribution in [0.2, 0.25) is 5.02 Å². The molecule has 3 nitrogen and oxygen atoms in total. The Morgan fingerprint density at radius 1 is 1.32 bits per heavy atom. The Hall–Kier alpha value is -1.36. The molecule has 1 aliphatic rings. The van der Waals surface area contributed by atoms with E-state index in [1.807, 2.05) is 31.2 Å². The van der Waals surface area contributed by atoms with Crippen molar-refractivity contribution in [3.63, 3.8) is 0 Å². The van der Waals surface area contributed by atoms with Gasteiger partial charge in [-0.15, -0.1) is 0 Å². The predicted molar refractivity (Wildman–Crippen MR) is 107 cm³/mol. The summed E-state index contributed by atoms with van der Waals surface area (Å²) >= 11 is 9.57. The fourth-order valence-electron chi connectivity index (χ4n) is 3.27. The molecule has 0 spiro atoms. The largest absolute Gasteiger partial charge is 0.326 e. The first-order valence-corrected chi connectivity index (χ1v) is 9.72. The summed E-state index contributed by atoms with van der Waals surface area (Å²) in [6.07, 6.45) is 1.97. The number of nitrogens with zero attached hydrogens (tertiary/aromatic N) is 1. The minimum atomic E-state index is 0.0132. The number of anilines is 1. The number of halogens is 2. The van der Waals surface area contributed by atoms with Gasteiger partial charge in [0.25, 0.3) is 0 Å². The molecule has 132 valence electrons. The second kappa shape index (κ2) is 8.35. The molecule has 25 heavy (non-hydrogen) atoms. The lowest BCUT2D eigenvalue weighted by Crippen LogP contribution is -2.40. The summed E-state index contributed by atoms with van der Waals surface area (Å²) < 4.78 is 1.09. The Bertz CT molecular complexity index is 765. The lowest BCUT2D eigenvalue weighted by atomic mass is 9.96. The molecule has 2 aromatic rings. The third kappa shape index (κ3) is 5.06. The highest BCUT2D eigenvalue weighted by atomic mass is 79.9. The molecule has 0 radical (unpaired) electrons. The van der Waals surface area contributed by atoms with Gasteiger partial charge in [-0.05, 0) is 61.7 Å². The standard InChI is InChI=1S/C20H22BrClN2O/c1-14-7-8-18(22)11-19(14)23-20(25)16-5-3-9-24(13-16)12-15-4-2-6-17(21)10-15/h2,4,6-8,10-11,16H,3,5,9,12-13H2,1H3,(H,23,25). The molecule has 1 amide bonds. The van der Waals surface area contributed by atoms with Gasteiger partial charge in [-0.3, -0.25) is 9.69 Å². The molecule has 2 aromatic carbocycles. The van der Waals surface area contributed by atoms with Gasteiger partial charge < -0.3 is 5.32 Å². The van der Waals surface area contributed by atoms with Gasteiger partial charge >= 0.3 is 0 Å². The number of hydrogen-bond acceptors (Lipinski definition) is 2. The second-order valence-electron chi connectivity index (χ2n) is 6.65.